The molecule has 0 N–H and O–H groups in total. The molecule has 0 spiro atoms. The second-order valence-corrected chi connectivity index (χ2v) is 10.0. The Morgan fingerprint density at radius 3 is 2.45 bits per heavy atom. The summed E-state index contributed by atoms with van der Waals surface area (Å²) in [5.74, 6) is 1.58. The molecule has 33 heavy (non-hydrogen) atoms. The largest absolute Gasteiger partial charge is 0.339 e. The van der Waals surface area contributed by atoms with E-state index in [-0.39, 0.29) is 11.8 Å². The molecule has 2 amide bonds. The van der Waals surface area contributed by atoms with Crippen LogP contribution in [0.1, 0.15) is 48.2 Å². The summed E-state index contributed by atoms with van der Waals surface area (Å²) in [5, 5.41) is 0. The summed E-state index contributed by atoms with van der Waals surface area (Å²) in [6, 6.07) is 13.8. The first kappa shape index (κ1) is 22.0. The summed E-state index contributed by atoms with van der Waals surface area (Å²) in [7, 11) is 0. The van der Waals surface area contributed by atoms with E-state index in [2.05, 4.69) is 4.98 Å². The summed E-state index contributed by atoms with van der Waals surface area (Å²) >= 11 is 1.64. The molecule has 0 unspecified atom stereocenters. The number of rotatable bonds is 6. The Labute approximate surface area is 199 Å². The number of fused-ring (bicyclic) bond motifs is 1. The van der Waals surface area contributed by atoms with Crippen LogP contribution in [0.4, 0.5) is 0 Å². The normalized spacial score (nSPS) is 17.1. The standard InChI is InChI=1S/C26H30N4O2S/c31-25(17-20-7-1-2-8-20)28-13-15-29(16-14-28)26(32)22-9-3-4-10-23(22)33-19-21-18-30-12-6-5-11-24(30)27-21/h3-6,9-12,18,20H,1-2,7-8,13-17,19H2. The topological polar surface area (TPSA) is 57.9 Å². The molecule has 2 aliphatic rings. The fraction of sp³-hybridized carbons (Fsp3) is 0.423. The van der Waals surface area contributed by atoms with Crippen molar-refractivity contribution < 1.29 is 9.59 Å². The van der Waals surface area contributed by atoms with Crippen LogP contribution in [0, 0.1) is 5.92 Å². The minimum absolute atomic E-state index is 0.0518. The molecule has 1 aliphatic carbocycles. The number of carbonyl (C=O) groups excluding carboxylic acids is 2. The van der Waals surface area contributed by atoms with Crippen LogP contribution in [-0.2, 0) is 10.5 Å². The summed E-state index contributed by atoms with van der Waals surface area (Å²) in [4.78, 5) is 35.4. The van der Waals surface area contributed by atoms with E-state index >= 15 is 0 Å². The van der Waals surface area contributed by atoms with Crippen molar-refractivity contribution in [3.63, 3.8) is 0 Å². The summed E-state index contributed by atoms with van der Waals surface area (Å²) in [5.41, 5.74) is 2.65. The number of nitrogens with zero attached hydrogens (tertiary/aromatic N) is 4. The van der Waals surface area contributed by atoms with Gasteiger partial charge in [0, 0.05) is 55.6 Å². The first-order valence-electron chi connectivity index (χ1n) is 11.9. The Balaban J connectivity index is 1.19. The number of piperazine rings is 1. The molecule has 5 rings (SSSR count). The minimum Gasteiger partial charge on any atom is -0.339 e. The van der Waals surface area contributed by atoms with Crippen LogP contribution in [0.5, 0.6) is 0 Å². The van der Waals surface area contributed by atoms with Gasteiger partial charge in [0.1, 0.15) is 5.65 Å². The zero-order chi connectivity index (χ0) is 22.6. The number of benzene rings is 1. The lowest BCUT2D eigenvalue weighted by molar-refractivity contribution is -0.133. The van der Waals surface area contributed by atoms with Gasteiger partial charge in [-0.25, -0.2) is 4.98 Å². The SMILES string of the molecule is O=C(CC1CCCC1)N1CCN(C(=O)c2ccccc2SCc2cn3ccccc3n2)CC1. The number of hydrogen-bond acceptors (Lipinski definition) is 4. The van der Waals surface area contributed by atoms with Gasteiger partial charge in [0.15, 0.2) is 0 Å². The third kappa shape index (κ3) is 5.08. The highest BCUT2D eigenvalue weighted by molar-refractivity contribution is 7.98. The van der Waals surface area contributed by atoms with Crippen molar-refractivity contribution >= 4 is 29.2 Å². The molecule has 2 fully saturated rings. The van der Waals surface area contributed by atoms with E-state index in [9.17, 15) is 9.59 Å². The van der Waals surface area contributed by atoms with Gasteiger partial charge in [-0.05, 0) is 43.0 Å². The van der Waals surface area contributed by atoms with Crippen molar-refractivity contribution in [2.24, 2.45) is 5.92 Å². The van der Waals surface area contributed by atoms with Gasteiger partial charge in [-0.3, -0.25) is 9.59 Å². The highest BCUT2D eigenvalue weighted by Gasteiger charge is 2.28. The van der Waals surface area contributed by atoms with Gasteiger partial charge >= 0.3 is 0 Å². The van der Waals surface area contributed by atoms with Crippen molar-refractivity contribution in [3.8, 4) is 0 Å². The van der Waals surface area contributed by atoms with Crippen LogP contribution >= 0.6 is 11.8 Å². The molecule has 1 aliphatic heterocycles. The first-order valence-corrected chi connectivity index (χ1v) is 12.9. The number of thioether (sulfide) groups is 1. The predicted octanol–water partition coefficient (Wildman–Crippen LogP) is 4.49. The molecule has 0 bridgehead atoms. The van der Waals surface area contributed by atoms with E-state index in [1.165, 1.54) is 25.7 Å². The molecule has 1 aromatic carbocycles. The van der Waals surface area contributed by atoms with Crippen molar-refractivity contribution in [3.05, 3.63) is 66.1 Å². The van der Waals surface area contributed by atoms with Gasteiger partial charge < -0.3 is 14.2 Å². The van der Waals surface area contributed by atoms with Crippen LogP contribution in [0.25, 0.3) is 5.65 Å². The van der Waals surface area contributed by atoms with Gasteiger partial charge in [-0.2, -0.15) is 0 Å². The zero-order valence-electron chi connectivity index (χ0n) is 18.9. The maximum absolute atomic E-state index is 13.3. The number of amides is 2. The highest BCUT2D eigenvalue weighted by atomic mass is 32.2. The lowest BCUT2D eigenvalue weighted by Crippen LogP contribution is -2.50. The molecule has 3 aromatic rings. The fourth-order valence-corrected chi connectivity index (χ4v) is 5.83. The zero-order valence-corrected chi connectivity index (χ0v) is 19.7. The van der Waals surface area contributed by atoms with Crippen molar-refractivity contribution in [2.45, 2.75) is 42.8 Å². The van der Waals surface area contributed by atoms with Crippen molar-refractivity contribution in [2.75, 3.05) is 26.2 Å². The van der Waals surface area contributed by atoms with E-state index in [4.69, 9.17) is 0 Å². The van der Waals surface area contributed by atoms with Crippen LogP contribution in [0.15, 0.2) is 59.8 Å². The van der Waals surface area contributed by atoms with E-state index in [0.29, 0.717) is 44.3 Å². The average molecular weight is 463 g/mol. The quantitative estimate of drug-likeness (QED) is 0.507. The Bertz CT molecular complexity index is 1100. The number of pyridine rings is 1. The number of imidazole rings is 1. The van der Waals surface area contributed by atoms with Crippen LogP contribution in [0.3, 0.4) is 0 Å². The van der Waals surface area contributed by atoms with Gasteiger partial charge in [0.2, 0.25) is 5.91 Å². The van der Waals surface area contributed by atoms with Gasteiger partial charge in [-0.1, -0.05) is 31.0 Å². The van der Waals surface area contributed by atoms with E-state index in [0.717, 1.165) is 21.8 Å². The van der Waals surface area contributed by atoms with Crippen molar-refractivity contribution in [1.82, 2.24) is 19.2 Å². The maximum atomic E-state index is 13.3. The molecular weight excluding hydrogens is 432 g/mol. The van der Waals surface area contributed by atoms with Crippen LogP contribution in [0.2, 0.25) is 0 Å². The summed E-state index contributed by atoms with van der Waals surface area (Å²) in [6.45, 7) is 2.46. The average Bonchev–Trinajstić information content (AvgIpc) is 3.52. The highest BCUT2D eigenvalue weighted by Crippen LogP contribution is 2.29. The van der Waals surface area contributed by atoms with E-state index in [1.807, 2.05) is 69.1 Å². The Kier molecular flexibility index (Phi) is 6.67. The third-order valence-corrected chi connectivity index (χ3v) is 7.87. The lowest BCUT2D eigenvalue weighted by atomic mass is 10.0. The smallest absolute Gasteiger partial charge is 0.255 e. The Morgan fingerprint density at radius 1 is 0.939 bits per heavy atom. The first-order chi connectivity index (χ1) is 16.2. The van der Waals surface area contributed by atoms with E-state index in [1.54, 1.807) is 11.8 Å². The third-order valence-electron chi connectivity index (χ3n) is 6.76. The number of aromatic nitrogens is 2. The predicted molar refractivity (Wildman–Crippen MR) is 130 cm³/mol. The van der Waals surface area contributed by atoms with Crippen LogP contribution < -0.4 is 0 Å². The second-order valence-electron chi connectivity index (χ2n) is 9.01. The van der Waals surface area contributed by atoms with E-state index < -0.39 is 0 Å². The lowest BCUT2D eigenvalue weighted by Gasteiger charge is -2.35. The summed E-state index contributed by atoms with van der Waals surface area (Å²) < 4.78 is 2.01. The molecular formula is C26H30N4O2S. The second kappa shape index (κ2) is 10.00. The van der Waals surface area contributed by atoms with Gasteiger partial charge in [0.25, 0.3) is 5.91 Å². The van der Waals surface area contributed by atoms with Gasteiger partial charge in [0.05, 0.1) is 11.3 Å². The maximum Gasteiger partial charge on any atom is 0.255 e. The van der Waals surface area contributed by atoms with Crippen molar-refractivity contribution in [1.29, 1.82) is 0 Å². The molecule has 7 heteroatoms. The molecule has 0 atom stereocenters. The molecule has 6 nitrogen and oxygen atoms in total. The minimum atomic E-state index is 0.0518. The fourth-order valence-electron chi connectivity index (χ4n) is 4.90. The molecule has 1 saturated heterocycles. The Morgan fingerprint density at radius 2 is 1.67 bits per heavy atom. The molecule has 1 saturated carbocycles. The Hall–Kier alpha value is -2.80. The summed E-state index contributed by atoms with van der Waals surface area (Å²) in [6.07, 6.45) is 9.60. The van der Waals surface area contributed by atoms with Crippen LogP contribution in [-0.4, -0.2) is 57.2 Å². The number of carbonyl (C=O) groups is 2. The van der Waals surface area contributed by atoms with Gasteiger partial charge in [-0.15, -0.1) is 11.8 Å². The molecule has 0 radical (unpaired) electrons. The molecule has 2 aromatic heterocycles. The molecule has 172 valence electrons. The monoisotopic (exact) mass is 462 g/mol. The number of hydrogen-bond donors (Lipinski definition) is 0. The molecule has 3 heterocycles.